The Morgan fingerprint density at radius 1 is 1.32 bits per heavy atom. The van der Waals surface area contributed by atoms with Gasteiger partial charge in [0.1, 0.15) is 11.4 Å². The van der Waals surface area contributed by atoms with Crippen LogP contribution in [0.25, 0.3) is 0 Å². The smallest absolute Gasteiger partial charge is 0.341 e. The maximum atomic E-state index is 12.8. The summed E-state index contributed by atoms with van der Waals surface area (Å²) in [6.45, 7) is 2.10. The van der Waals surface area contributed by atoms with Gasteiger partial charge < -0.3 is 9.67 Å². The van der Waals surface area contributed by atoms with E-state index >= 15 is 0 Å². The summed E-state index contributed by atoms with van der Waals surface area (Å²) in [5, 5.41) is 8.92. The van der Waals surface area contributed by atoms with Crippen LogP contribution in [0.1, 0.15) is 21.6 Å². The summed E-state index contributed by atoms with van der Waals surface area (Å²) in [5.41, 5.74) is 0.692. The molecule has 2 rings (SSSR count). The number of carboxylic acids is 1. The van der Waals surface area contributed by atoms with E-state index in [1.165, 1.54) is 24.4 Å². The van der Waals surface area contributed by atoms with Crippen LogP contribution >= 0.6 is 0 Å². The first-order valence-corrected chi connectivity index (χ1v) is 5.66. The second-order valence-electron chi connectivity index (χ2n) is 4.25. The third-order valence-corrected chi connectivity index (χ3v) is 2.84. The molecule has 1 aromatic carbocycles. The molecular formula is C14H12FNO3. The lowest BCUT2D eigenvalue weighted by Crippen LogP contribution is -2.19. The fourth-order valence-corrected chi connectivity index (χ4v) is 1.79. The summed E-state index contributed by atoms with van der Waals surface area (Å²) < 4.78 is 14.5. The summed E-state index contributed by atoms with van der Waals surface area (Å²) >= 11 is 0. The van der Waals surface area contributed by atoms with E-state index < -0.39 is 11.4 Å². The molecule has 0 aliphatic heterocycles. The average Bonchev–Trinajstić information content (AvgIpc) is 2.34. The third-order valence-electron chi connectivity index (χ3n) is 2.84. The van der Waals surface area contributed by atoms with Crippen LogP contribution in [-0.2, 0) is 6.54 Å². The van der Waals surface area contributed by atoms with E-state index in [1.807, 2.05) is 0 Å². The van der Waals surface area contributed by atoms with E-state index in [9.17, 15) is 14.0 Å². The second-order valence-corrected chi connectivity index (χ2v) is 4.25. The molecule has 1 N–H and O–H groups in total. The maximum Gasteiger partial charge on any atom is 0.341 e. The van der Waals surface area contributed by atoms with Gasteiger partial charge in [0.2, 0.25) is 0 Å². The zero-order valence-corrected chi connectivity index (χ0v) is 10.3. The van der Waals surface area contributed by atoms with Crippen molar-refractivity contribution in [3.05, 3.63) is 69.4 Å². The zero-order valence-electron chi connectivity index (χ0n) is 10.3. The van der Waals surface area contributed by atoms with Crippen LogP contribution < -0.4 is 5.43 Å². The van der Waals surface area contributed by atoms with Gasteiger partial charge in [-0.15, -0.1) is 0 Å². The molecule has 19 heavy (non-hydrogen) atoms. The number of aromatic carboxylic acids is 1. The number of carboxylic acid groups (broad SMARTS) is 1. The van der Waals surface area contributed by atoms with Crippen LogP contribution in [0.3, 0.4) is 0 Å². The van der Waals surface area contributed by atoms with Gasteiger partial charge in [0.15, 0.2) is 5.43 Å². The number of carbonyl (C=O) groups is 1. The summed E-state index contributed by atoms with van der Waals surface area (Å²) in [5.74, 6) is -1.58. The van der Waals surface area contributed by atoms with E-state index in [0.29, 0.717) is 12.2 Å². The number of aromatic nitrogens is 1. The van der Waals surface area contributed by atoms with Gasteiger partial charge >= 0.3 is 5.97 Å². The van der Waals surface area contributed by atoms with Gasteiger partial charge in [0.05, 0.1) is 0 Å². The predicted octanol–water partition coefficient (Wildman–Crippen LogP) is 2.04. The first-order valence-electron chi connectivity index (χ1n) is 5.66. The van der Waals surface area contributed by atoms with E-state index in [2.05, 4.69) is 0 Å². The van der Waals surface area contributed by atoms with Crippen LogP contribution in [0, 0.1) is 12.7 Å². The Balaban J connectivity index is 2.39. The van der Waals surface area contributed by atoms with Crippen molar-refractivity contribution in [1.82, 2.24) is 4.57 Å². The zero-order chi connectivity index (χ0) is 14.0. The number of aryl methyl sites for hydroxylation is 1. The first-order chi connectivity index (χ1) is 8.97. The Labute approximate surface area is 108 Å². The Bertz CT molecular complexity index is 674. The van der Waals surface area contributed by atoms with E-state index in [4.69, 9.17) is 5.11 Å². The molecule has 0 spiro atoms. The van der Waals surface area contributed by atoms with Crippen LogP contribution in [0.4, 0.5) is 4.39 Å². The Morgan fingerprint density at radius 2 is 1.95 bits per heavy atom. The van der Waals surface area contributed by atoms with Gasteiger partial charge in [-0.1, -0.05) is 12.1 Å². The molecule has 0 fully saturated rings. The summed E-state index contributed by atoms with van der Waals surface area (Å²) in [4.78, 5) is 22.4. The van der Waals surface area contributed by atoms with Crippen molar-refractivity contribution in [2.75, 3.05) is 0 Å². The normalized spacial score (nSPS) is 10.4. The average molecular weight is 261 g/mol. The number of hydrogen-bond acceptors (Lipinski definition) is 2. The minimum atomic E-state index is -1.25. The highest BCUT2D eigenvalue weighted by molar-refractivity contribution is 5.87. The molecule has 1 heterocycles. The highest BCUT2D eigenvalue weighted by Gasteiger charge is 2.10. The summed E-state index contributed by atoms with van der Waals surface area (Å²) in [6, 6.07) is 7.20. The lowest BCUT2D eigenvalue weighted by Gasteiger charge is -2.11. The summed E-state index contributed by atoms with van der Waals surface area (Å²) in [7, 11) is 0. The van der Waals surface area contributed by atoms with E-state index in [-0.39, 0.29) is 11.4 Å². The van der Waals surface area contributed by atoms with E-state index in [0.717, 1.165) is 5.56 Å². The minimum absolute atomic E-state index is 0.271. The van der Waals surface area contributed by atoms with E-state index in [1.54, 1.807) is 23.6 Å². The van der Waals surface area contributed by atoms with Gasteiger partial charge in [0, 0.05) is 24.5 Å². The molecule has 98 valence electrons. The first kappa shape index (κ1) is 13.0. The van der Waals surface area contributed by atoms with Crippen LogP contribution in [-0.4, -0.2) is 15.6 Å². The molecule has 0 unspecified atom stereocenters. The molecular weight excluding hydrogens is 249 g/mol. The molecule has 0 aliphatic carbocycles. The van der Waals surface area contributed by atoms with Gasteiger partial charge in [-0.2, -0.15) is 0 Å². The molecule has 2 aromatic rings. The van der Waals surface area contributed by atoms with Gasteiger partial charge in [0.25, 0.3) is 0 Å². The standard InChI is InChI=1S/C14H12FNO3/c1-9-6-13(17)12(14(18)19)8-16(9)7-10-2-4-11(15)5-3-10/h2-6,8H,7H2,1H3,(H,18,19). The molecule has 0 saturated heterocycles. The molecule has 5 heteroatoms. The Kier molecular flexibility index (Phi) is 3.46. The molecule has 0 saturated carbocycles. The SMILES string of the molecule is Cc1cc(=O)c(C(=O)O)cn1Cc1ccc(F)cc1. The molecule has 0 bridgehead atoms. The van der Waals surface area contributed by atoms with Gasteiger partial charge in [-0.3, -0.25) is 4.79 Å². The van der Waals surface area contributed by atoms with Crippen LogP contribution in [0.2, 0.25) is 0 Å². The summed E-state index contributed by atoms with van der Waals surface area (Å²) in [6.07, 6.45) is 1.31. The fraction of sp³-hybridized carbons (Fsp3) is 0.143. The number of benzene rings is 1. The predicted molar refractivity (Wildman–Crippen MR) is 67.9 cm³/mol. The molecule has 0 amide bonds. The fourth-order valence-electron chi connectivity index (χ4n) is 1.79. The second kappa shape index (κ2) is 5.06. The number of rotatable bonds is 3. The molecule has 0 aliphatic rings. The lowest BCUT2D eigenvalue weighted by atomic mass is 10.2. The largest absolute Gasteiger partial charge is 0.477 e. The molecule has 1 aromatic heterocycles. The molecule has 0 radical (unpaired) electrons. The Morgan fingerprint density at radius 3 is 2.53 bits per heavy atom. The number of pyridine rings is 1. The van der Waals surface area contributed by atoms with Crippen molar-refractivity contribution in [1.29, 1.82) is 0 Å². The van der Waals surface area contributed by atoms with Gasteiger partial charge in [-0.05, 0) is 24.6 Å². The van der Waals surface area contributed by atoms with Crippen LogP contribution in [0.5, 0.6) is 0 Å². The van der Waals surface area contributed by atoms with Gasteiger partial charge in [-0.25, -0.2) is 9.18 Å². The monoisotopic (exact) mass is 261 g/mol. The topological polar surface area (TPSA) is 59.3 Å². The third kappa shape index (κ3) is 2.88. The minimum Gasteiger partial charge on any atom is -0.477 e. The van der Waals surface area contributed by atoms with Crippen molar-refractivity contribution in [2.45, 2.75) is 13.5 Å². The number of halogens is 1. The number of nitrogens with zero attached hydrogens (tertiary/aromatic N) is 1. The van der Waals surface area contributed by atoms with Crippen LogP contribution in [0.15, 0.2) is 41.3 Å². The maximum absolute atomic E-state index is 12.8. The van der Waals surface area contributed by atoms with Crippen molar-refractivity contribution in [2.24, 2.45) is 0 Å². The quantitative estimate of drug-likeness (QED) is 0.919. The molecule has 0 atom stereocenters. The number of hydrogen-bond donors (Lipinski definition) is 1. The highest BCUT2D eigenvalue weighted by atomic mass is 19.1. The lowest BCUT2D eigenvalue weighted by molar-refractivity contribution is 0.0694. The van der Waals surface area contributed by atoms with Crippen molar-refractivity contribution in [3.63, 3.8) is 0 Å². The van der Waals surface area contributed by atoms with Crippen molar-refractivity contribution in [3.8, 4) is 0 Å². The highest BCUT2D eigenvalue weighted by Crippen LogP contribution is 2.08. The molecule has 4 nitrogen and oxygen atoms in total. The van der Waals surface area contributed by atoms with Crippen molar-refractivity contribution < 1.29 is 14.3 Å². The van der Waals surface area contributed by atoms with Crippen molar-refractivity contribution >= 4 is 5.97 Å². The Hall–Kier alpha value is -2.43.